The summed E-state index contributed by atoms with van der Waals surface area (Å²) in [5.74, 6) is 0. The first kappa shape index (κ1) is 14.3. The number of hydrogen-bond donors (Lipinski definition) is 1. The maximum atomic E-state index is 12.5. The average molecular weight is 262 g/mol. The molecule has 1 aliphatic carbocycles. The number of nitrogens with one attached hydrogen (secondary N) is 1. The second-order valence-electron chi connectivity index (χ2n) is 5.59. The predicted octanol–water partition coefficient (Wildman–Crippen LogP) is 2.64. The van der Waals surface area contributed by atoms with Crippen LogP contribution in [0.1, 0.15) is 56.9 Å². The number of hydrogen-bond acceptors (Lipinski definition) is 2. The van der Waals surface area contributed by atoms with Gasteiger partial charge in [-0.15, -0.1) is 0 Å². The van der Waals surface area contributed by atoms with E-state index in [0.717, 1.165) is 31.4 Å². The van der Waals surface area contributed by atoms with Gasteiger partial charge in [-0.1, -0.05) is 6.92 Å². The van der Waals surface area contributed by atoms with Gasteiger partial charge in [0.05, 0.1) is 0 Å². The van der Waals surface area contributed by atoms with Crippen LogP contribution < -0.4 is 10.9 Å². The Labute approximate surface area is 116 Å². The topological polar surface area (TPSA) is 34.0 Å². The van der Waals surface area contributed by atoms with Crippen LogP contribution in [0.25, 0.3) is 0 Å². The molecule has 1 heterocycles. The van der Waals surface area contributed by atoms with E-state index in [1.54, 1.807) is 0 Å². The molecule has 0 fully saturated rings. The van der Waals surface area contributed by atoms with Crippen LogP contribution in [0.4, 0.5) is 0 Å². The molecular formula is C16H26N2O. The van der Waals surface area contributed by atoms with Gasteiger partial charge in [-0.2, -0.15) is 0 Å². The molecule has 0 spiro atoms. The first-order valence-corrected chi connectivity index (χ1v) is 7.65. The van der Waals surface area contributed by atoms with Gasteiger partial charge in [0.1, 0.15) is 0 Å². The molecule has 0 radical (unpaired) electrons. The molecule has 1 N–H and O–H groups in total. The van der Waals surface area contributed by atoms with E-state index in [0.29, 0.717) is 12.6 Å². The molecule has 0 saturated carbocycles. The van der Waals surface area contributed by atoms with E-state index in [2.05, 4.69) is 32.2 Å². The summed E-state index contributed by atoms with van der Waals surface area (Å²) in [6.45, 7) is 7.88. The van der Waals surface area contributed by atoms with E-state index in [9.17, 15) is 4.79 Å². The number of pyridine rings is 1. The molecule has 106 valence electrons. The number of fused-ring (bicyclic) bond motifs is 1. The molecule has 3 heteroatoms. The highest BCUT2D eigenvalue weighted by Crippen LogP contribution is 2.20. The quantitative estimate of drug-likeness (QED) is 0.885. The summed E-state index contributed by atoms with van der Waals surface area (Å²) >= 11 is 0. The molecule has 1 aromatic heterocycles. The zero-order valence-electron chi connectivity index (χ0n) is 12.5. The van der Waals surface area contributed by atoms with Gasteiger partial charge < -0.3 is 9.88 Å². The van der Waals surface area contributed by atoms with Gasteiger partial charge in [0.25, 0.3) is 5.56 Å². The first-order chi connectivity index (χ1) is 9.17. The monoisotopic (exact) mass is 262 g/mol. The third kappa shape index (κ3) is 3.08. The number of rotatable bonds is 5. The summed E-state index contributed by atoms with van der Waals surface area (Å²) in [6, 6.07) is 2.61. The van der Waals surface area contributed by atoms with Crippen LogP contribution in [0.2, 0.25) is 0 Å². The van der Waals surface area contributed by atoms with Crippen molar-refractivity contribution >= 4 is 0 Å². The Hall–Kier alpha value is -1.09. The van der Waals surface area contributed by atoms with Crippen molar-refractivity contribution in [1.29, 1.82) is 0 Å². The Kier molecular flexibility index (Phi) is 4.81. The summed E-state index contributed by atoms with van der Waals surface area (Å²) in [6.07, 6.45) is 5.76. The molecule has 19 heavy (non-hydrogen) atoms. The van der Waals surface area contributed by atoms with Gasteiger partial charge >= 0.3 is 0 Å². The van der Waals surface area contributed by atoms with Crippen LogP contribution in [0.3, 0.4) is 0 Å². The van der Waals surface area contributed by atoms with Gasteiger partial charge in [-0.25, -0.2) is 0 Å². The largest absolute Gasteiger partial charge is 0.312 e. The van der Waals surface area contributed by atoms with Crippen LogP contribution in [0.15, 0.2) is 10.9 Å². The summed E-state index contributed by atoms with van der Waals surface area (Å²) in [5.41, 5.74) is 3.82. The van der Waals surface area contributed by atoms with Crippen molar-refractivity contribution < 1.29 is 0 Å². The summed E-state index contributed by atoms with van der Waals surface area (Å²) in [4.78, 5) is 12.5. The second kappa shape index (κ2) is 6.38. The third-order valence-electron chi connectivity index (χ3n) is 4.24. The molecule has 1 unspecified atom stereocenters. The van der Waals surface area contributed by atoms with Gasteiger partial charge in [0.2, 0.25) is 0 Å². The van der Waals surface area contributed by atoms with Crippen molar-refractivity contribution in [3.8, 4) is 0 Å². The average Bonchev–Trinajstić information content (AvgIpc) is 2.44. The third-order valence-corrected chi connectivity index (χ3v) is 4.24. The van der Waals surface area contributed by atoms with Crippen molar-refractivity contribution in [2.24, 2.45) is 0 Å². The fraction of sp³-hybridized carbons (Fsp3) is 0.688. The summed E-state index contributed by atoms with van der Waals surface area (Å²) in [5, 5.41) is 3.43. The van der Waals surface area contributed by atoms with E-state index in [-0.39, 0.29) is 5.56 Å². The minimum Gasteiger partial charge on any atom is -0.312 e. The summed E-state index contributed by atoms with van der Waals surface area (Å²) in [7, 11) is 0. The molecule has 1 aromatic rings. The van der Waals surface area contributed by atoms with Crippen molar-refractivity contribution in [3.05, 3.63) is 33.2 Å². The van der Waals surface area contributed by atoms with Crippen molar-refractivity contribution in [3.63, 3.8) is 0 Å². The standard InChI is InChI=1S/C16H26N2O/c1-4-12(3)17-11-14-10-13-8-6-7-9-15(13)18(5-2)16(14)19/h10,12,17H,4-9,11H2,1-3H3. The minimum absolute atomic E-state index is 0.207. The molecule has 1 aliphatic rings. The van der Waals surface area contributed by atoms with Crippen LogP contribution in [0.5, 0.6) is 0 Å². The fourth-order valence-electron chi connectivity index (χ4n) is 2.83. The molecule has 1 atom stereocenters. The fourth-order valence-corrected chi connectivity index (χ4v) is 2.83. The van der Waals surface area contributed by atoms with E-state index in [1.807, 2.05) is 4.57 Å². The van der Waals surface area contributed by atoms with Gasteiger partial charge in [0, 0.05) is 30.4 Å². The van der Waals surface area contributed by atoms with Crippen molar-refractivity contribution in [1.82, 2.24) is 9.88 Å². The van der Waals surface area contributed by atoms with Crippen molar-refractivity contribution in [2.75, 3.05) is 0 Å². The lowest BCUT2D eigenvalue weighted by Crippen LogP contribution is -2.33. The van der Waals surface area contributed by atoms with Crippen LogP contribution in [-0.2, 0) is 25.9 Å². The summed E-state index contributed by atoms with van der Waals surface area (Å²) < 4.78 is 1.99. The normalized spacial score (nSPS) is 16.2. The smallest absolute Gasteiger partial charge is 0.255 e. The van der Waals surface area contributed by atoms with E-state index in [4.69, 9.17) is 0 Å². The molecular weight excluding hydrogens is 236 g/mol. The predicted molar refractivity (Wildman–Crippen MR) is 79.6 cm³/mol. The number of aromatic nitrogens is 1. The van der Waals surface area contributed by atoms with Gasteiger partial charge in [0.15, 0.2) is 0 Å². The van der Waals surface area contributed by atoms with E-state index in [1.165, 1.54) is 24.1 Å². The Morgan fingerprint density at radius 2 is 2.05 bits per heavy atom. The lowest BCUT2D eigenvalue weighted by atomic mass is 9.94. The Balaban J connectivity index is 2.31. The molecule has 0 aliphatic heterocycles. The maximum absolute atomic E-state index is 12.5. The lowest BCUT2D eigenvalue weighted by Gasteiger charge is -2.22. The molecule has 0 aromatic carbocycles. The Bertz CT molecular complexity index is 490. The van der Waals surface area contributed by atoms with Crippen LogP contribution in [-0.4, -0.2) is 10.6 Å². The lowest BCUT2D eigenvalue weighted by molar-refractivity contribution is 0.523. The minimum atomic E-state index is 0.207. The zero-order valence-corrected chi connectivity index (χ0v) is 12.5. The van der Waals surface area contributed by atoms with Gasteiger partial charge in [-0.05, 0) is 57.6 Å². The maximum Gasteiger partial charge on any atom is 0.255 e. The molecule has 0 amide bonds. The van der Waals surface area contributed by atoms with E-state index < -0.39 is 0 Å². The molecule has 0 saturated heterocycles. The van der Waals surface area contributed by atoms with Crippen molar-refractivity contribution in [2.45, 2.75) is 72.0 Å². The SMILES string of the molecule is CCC(C)NCc1cc2c(n(CC)c1=O)CCCC2. The van der Waals surface area contributed by atoms with E-state index >= 15 is 0 Å². The van der Waals surface area contributed by atoms with Gasteiger partial charge in [-0.3, -0.25) is 4.79 Å². The molecule has 0 bridgehead atoms. The Morgan fingerprint density at radius 1 is 1.32 bits per heavy atom. The first-order valence-electron chi connectivity index (χ1n) is 7.65. The number of nitrogens with zero attached hydrogens (tertiary/aromatic N) is 1. The highest BCUT2D eigenvalue weighted by atomic mass is 16.1. The number of aryl methyl sites for hydroxylation is 1. The van der Waals surface area contributed by atoms with Crippen LogP contribution >= 0.6 is 0 Å². The highest BCUT2D eigenvalue weighted by Gasteiger charge is 2.16. The zero-order chi connectivity index (χ0) is 13.8. The van der Waals surface area contributed by atoms with Crippen LogP contribution in [0, 0.1) is 0 Å². The highest BCUT2D eigenvalue weighted by molar-refractivity contribution is 5.29. The molecule has 3 nitrogen and oxygen atoms in total. The molecule has 2 rings (SSSR count). The Morgan fingerprint density at radius 3 is 2.74 bits per heavy atom. The second-order valence-corrected chi connectivity index (χ2v) is 5.59.